The monoisotopic (exact) mass is 567 g/mol. The van der Waals surface area contributed by atoms with Crippen LogP contribution in [0.25, 0.3) is 0 Å². The fourth-order valence-corrected chi connectivity index (χ4v) is 7.84. The topological polar surface area (TPSA) is 139 Å². The Bertz CT molecular complexity index is 988. The van der Waals surface area contributed by atoms with Crippen molar-refractivity contribution in [3.8, 4) is 0 Å². The largest absolute Gasteiger partial charge is 0.481 e. The number of esters is 1. The number of carboxylic acid groups (broad SMARTS) is 1. The molecule has 5 heterocycles. The number of nitrogens with one attached hydrogen (secondary N) is 1. The first-order valence-electron chi connectivity index (χ1n) is 14.9. The van der Waals surface area contributed by atoms with Gasteiger partial charge in [0.25, 0.3) is 0 Å². The maximum absolute atomic E-state index is 12.9. The van der Waals surface area contributed by atoms with Crippen molar-refractivity contribution in [1.29, 1.82) is 0 Å². The second-order valence-electron chi connectivity index (χ2n) is 13.4. The quantitative estimate of drug-likeness (QED) is 0.330. The zero-order chi connectivity index (χ0) is 28.9. The molecule has 10 atom stereocenters. The Morgan fingerprint density at radius 3 is 2.52 bits per heavy atom. The zero-order valence-electron chi connectivity index (χ0n) is 24.3. The highest BCUT2D eigenvalue weighted by molar-refractivity contribution is 5.82. The molecule has 5 aliphatic heterocycles. The molecule has 6 aliphatic rings. The minimum Gasteiger partial charge on any atom is -0.481 e. The Morgan fingerprint density at radius 1 is 1.02 bits per heavy atom. The highest BCUT2D eigenvalue weighted by atomic mass is 17.3. The van der Waals surface area contributed by atoms with Crippen LogP contribution < -0.4 is 5.32 Å². The Morgan fingerprint density at radius 2 is 1.80 bits per heavy atom. The number of amides is 1. The van der Waals surface area contributed by atoms with E-state index in [1.165, 1.54) is 0 Å². The molecule has 6 rings (SSSR count). The van der Waals surface area contributed by atoms with Crippen molar-refractivity contribution in [1.82, 2.24) is 5.32 Å². The van der Waals surface area contributed by atoms with Crippen LogP contribution in [-0.2, 0) is 43.1 Å². The maximum Gasteiger partial charge on any atom is 0.308 e. The SMILES string of the molecule is C[C@H]1[C@H](OC(=O)CCC(=O)N[C@@H](CC(=O)O)[C@H]2CCOC(C)(C)C2)O[C@@H]2O[C@@]3(C)CC[C@H]4[C@H](C)CC[C@@H]1[C@@]24OO3. The molecule has 226 valence electrons. The predicted octanol–water partition coefficient (Wildman–Crippen LogP) is 3.68. The number of carboxylic acids is 1. The Kier molecular flexibility index (Phi) is 8.26. The van der Waals surface area contributed by atoms with Crippen molar-refractivity contribution in [2.75, 3.05) is 6.61 Å². The smallest absolute Gasteiger partial charge is 0.308 e. The van der Waals surface area contributed by atoms with Crippen LogP contribution in [0.15, 0.2) is 0 Å². The van der Waals surface area contributed by atoms with Crippen LogP contribution in [0.1, 0.15) is 92.4 Å². The van der Waals surface area contributed by atoms with Gasteiger partial charge in [0.1, 0.15) is 0 Å². The molecule has 0 radical (unpaired) electrons. The van der Waals surface area contributed by atoms with Crippen molar-refractivity contribution in [3.05, 3.63) is 0 Å². The fraction of sp³-hybridized carbons (Fsp3) is 0.897. The van der Waals surface area contributed by atoms with Crippen LogP contribution in [0.5, 0.6) is 0 Å². The third-order valence-electron chi connectivity index (χ3n) is 9.95. The van der Waals surface area contributed by atoms with E-state index in [2.05, 4.69) is 12.2 Å². The molecule has 11 nitrogen and oxygen atoms in total. The molecule has 6 fully saturated rings. The van der Waals surface area contributed by atoms with Crippen LogP contribution in [0.4, 0.5) is 0 Å². The molecule has 1 amide bonds. The Hall–Kier alpha value is -1.79. The lowest BCUT2D eigenvalue weighted by molar-refractivity contribution is -0.576. The molecule has 40 heavy (non-hydrogen) atoms. The number of carbonyl (C=O) groups excluding carboxylic acids is 2. The van der Waals surface area contributed by atoms with Gasteiger partial charge in [0.2, 0.25) is 18.0 Å². The summed E-state index contributed by atoms with van der Waals surface area (Å²) in [5.41, 5.74) is -1.12. The van der Waals surface area contributed by atoms with Gasteiger partial charge >= 0.3 is 11.9 Å². The first kappa shape index (κ1) is 29.7. The van der Waals surface area contributed by atoms with E-state index in [-0.39, 0.29) is 54.4 Å². The molecule has 0 aromatic heterocycles. The van der Waals surface area contributed by atoms with Gasteiger partial charge < -0.3 is 29.4 Å². The molecule has 1 saturated carbocycles. The standard InChI is InChI=1S/C29H45NO10/c1-16-6-7-20-17(2)25(37-26-29(20)19(16)10-12-28(5,38-26)39-40-29)36-24(34)9-8-22(31)30-21(14-23(32)33)18-11-13-35-27(3,4)15-18/h16-21,25-26H,6-15H2,1-5H3,(H,30,31)(H,32,33)/t16-,17-,18+,19+,20+,21+,25-,26-,28-,29-/m1/s1. The molecule has 2 bridgehead atoms. The molecule has 11 heteroatoms. The molecule has 2 N–H and O–H groups in total. The van der Waals surface area contributed by atoms with Crippen LogP contribution in [0.2, 0.25) is 0 Å². The van der Waals surface area contributed by atoms with Gasteiger partial charge in [0.05, 0.1) is 18.4 Å². The van der Waals surface area contributed by atoms with Crippen molar-refractivity contribution in [3.63, 3.8) is 0 Å². The average molecular weight is 568 g/mol. The van der Waals surface area contributed by atoms with Crippen LogP contribution in [0.3, 0.4) is 0 Å². The van der Waals surface area contributed by atoms with Gasteiger partial charge in [-0.2, -0.15) is 0 Å². The van der Waals surface area contributed by atoms with Crippen LogP contribution in [-0.4, -0.2) is 65.2 Å². The van der Waals surface area contributed by atoms with Crippen molar-refractivity contribution < 1.29 is 48.2 Å². The van der Waals surface area contributed by atoms with Gasteiger partial charge in [0, 0.05) is 37.3 Å². The highest BCUT2D eigenvalue weighted by Crippen LogP contribution is 2.60. The second kappa shape index (κ2) is 11.1. The first-order chi connectivity index (χ1) is 18.8. The number of carbonyl (C=O) groups is 3. The molecule has 0 aromatic rings. The lowest BCUT2D eigenvalue weighted by Crippen LogP contribution is -2.70. The minimum atomic E-state index is -0.979. The normalized spacial score (nSPS) is 42.7. The van der Waals surface area contributed by atoms with Gasteiger partial charge in [0.15, 0.2) is 11.9 Å². The van der Waals surface area contributed by atoms with E-state index in [4.69, 9.17) is 28.7 Å². The molecule has 1 aliphatic carbocycles. The van der Waals surface area contributed by atoms with Crippen LogP contribution in [0, 0.1) is 29.6 Å². The molecule has 0 unspecified atom stereocenters. The summed E-state index contributed by atoms with van der Waals surface area (Å²) in [6.45, 7) is 10.5. The number of ether oxygens (including phenoxy) is 4. The van der Waals surface area contributed by atoms with E-state index >= 15 is 0 Å². The van der Waals surface area contributed by atoms with Crippen LogP contribution >= 0.6 is 0 Å². The minimum absolute atomic E-state index is 0.0236. The summed E-state index contributed by atoms with van der Waals surface area (Å²) in [5.74, 6) is -2.34. The van der Waals surface area contributed by atoms with Crippen molar-refractivity contribution >= 4 is 17.8 Å². The summed E-state index contributed by atoms with van der Waals surface area (Å²) in [7, 11) is 0. The summed E-state index contributed by atoms with van der Waals surface area (Å²) in [6, 6.07) is -0.532. The van der Waals surface area contributed by atoms with Gasteiger partial charge in [-0.1, -0.05) is 13.8 Å². The van der Waals surface area contributed by atoms with Gasteiger partial charge in [-0.3, -0.25) is 14.4 Å². The van der Waals surface area contributed by atoms with Gasteiger partial charge in [-0.25, -0.2) is 9.78 Å². The van der Waals surface area contributed by atoms with E-state index in [0.29, 0.717) is 31.8 Å². The van der Waals surface area contributed by atoms with Gasteiger partial charge in [-0.05, 0) is 70.6 Å². The zero-order valence-corrected chi connectivity index (χ0v) is 24.3. The summed E-state index contributed by atoms with van der Waals surface area (Å²) in [5, 5.41) is 12.3. The number of hydrogen-bond donors (Lipinski definition) is 2. The lowest BCUT2D eigenvalue weighted by Gasteiger charge is -2.59. The third-order valence-corrected chi connectivity index (χ3v) is 9.95. The molecule has 0 aromatic carbocycles. The predicted molar refractivity (Wildman–Crippen MR) is 139 cm³/mol. The molecular formula is C29H45NO10. The Labute approximate surface area is 235 Å². The third kappa shape index (κ3) is 5.77. The maximum atomic E-state index is 12.9. The summed E-state index contributed by atoms with van der Waals surface area (Å²) < 4.78 is 24.1. The number of hydrogen-bond acceptors (Lipinski definition) is 9. The van der Waals surface area contributed by atoms with Crippen molar-refractivity contribution in [2.45, 2.75) is 128 Å². The molecule has 1 spiro atoms. The van der Waals surface area contributed by atoms with E-state index in [1.807, 2.05) is 27.7 Å². The van der Waals surface area contributed by atoms with Gasteiger partial charge in [-0.15, -0.1) is 0 Å². The summed E-state index contributed by atoms with van der Waals surface area (Å²) in [6.07, 6.45) is 2.85. The summed E-state index contributed by atoms with van der Waals surface area (Å²) >= 11 is 0. The second-order valence-corrected chi connectivity index (χ2v) is 13.4. The van der Waals surface area contributed by atoms with E-state index in [0.717, 1.165) is 19.3 Å². The first-order valence-corrected chi connectivity index (χ1v) is 14.9. The van der Waals surface area contributed by atoms with E-state index in [9.17, 15) is 19.5 Å². The lowest BCUT2D eigenvalue weighted by atomic mass is 9.58. The summed E-state index contributed by atoms with van der Waals surface area (Å²) in [4.78, 5) is 49.1. The number of aliphatic carboxylic acids is 1. The van der Waals surface area contributed by atoms with Crippen molar-refractivity contribution in [2.24, 2.45) is 29.6 Å². The van der Waals surface area contributed by atoms with E-state index < -0.39 is 41.9 Å². The molecular weight excluding hydrogens is 522 g/mol. The highest BCUT2D eigenvalue weighted by Gasteiger charge is 2.69. The Balaban J connectivity index is 1.19. The molecule has 5 saturated heterocycles. The number of fused-ring (bicyclic) bond motifs is 2. The fourth-order valence-electron chi connectivity index (χ4n) is 7.84. The number of rotatable bonds is 8. The average Bonchev–Trinajstić information content (AvgIpc) is 3.10. The van der Waals surface area contributed by atoms with E-state index in [1.54, 1.807) is 0 Å².